The molecule has 0 aliphatic carbocycles. The highest BCUT2D eigenvalue weighted by Crippen LogP contribution is 2.22. The molecule has 0 saturated heterocycles. The zero-order valence-electron chi connectivity index (χ0n) is 11.3. The Morgan fingerprint density at radius 2 is 2.18 bits per heavy atom. The van der Waals surface area contributed by atoms with Gasteiger partial charge in [-0.25, -0.2) is 4.98 Å². The van der Waals surface area contributed by atoms with Crippen molar-refractivity contribution < 1.29 is 0 Å². The lowest BCUT2D eigenvalue weighted by Gasteiger charge is -2.25. The van der Waals surface area contributed by atoms with Crippen molar-refractivity contribution in [1.82, 2.24) is 15.2 Å². The number of nitrogen functional groups attached to an aromatic ring is 1. The molecule has 4 nitrogen and oxygen atoms in total. The van der Waals surface area contributed by atoms with E-state index in [0.717, 1.165) is 25.1 Å². The number of hydrogen-bond donors (Lipinski definition) is 2. The summed E-state index contributed by atoms with van der Waals surface area (Å²) in [5, 5.41) is 3.54. The third-order valence-electron chi connectivity index (χ3n) is 2.78. The van der Waals surface area contributed by atoms with E-state index in [4.69, 9.17) is 5.73 Å². The lowest BCUT2D eigenvalue weighted by atomic mass is 10.0. The topological polar surface area (TPSA) is 54.2 Å². The first-order chi connectivity index (χ1) is 8.06. The molecule has 1 unspecified atom stereocenters. The first kappa shape index (κ1) is 13.9. The van der Waals surface area contributed by atoms with Gasteiger partial charge < -0.3 is 16.0 Å². The number of nitrogens with two attached hydrogens (primary N) is 1. The Morgan fingerprint density at radius 1 is 1.47 bits per heavy atom. The lowest BCUT2D eigenvalue weighted by molar-refractivity contribution is 0.341. The van der Waals surface area contributed by atoms with Crippen LogP contribution in [0.25, 0.3) is 0 Å². The Morgan fingerprint density at radius 3 is 2.71 bits per heavy atom. The smallest absolute Gasteiger partial charge is 0.128 e. The summed E-state index contributed by atoms with van der Waals surface area (Å²) >= 11 is 0. The normalized spacial score (nSPS) is 13.0. The van der Waals surface area contributed by atoms with Gasteiger partial charge in [-0.2, -0.15) is 0 Å². The summed E-state index contributed by atoms with van der Waals surface area (Å²) in [6.45, 7) is 6.17. The molecular formula is C13H24N4. The van der Waals surface area contributed by atoms with Crippen LogP contribution < -0.4 is 11.1 Å². The number of aromatic nitrogens is 1. The predicted molar refractivity (Wildman–Crippen MR) is 73.0 cm³/mol. The Kier molecular flexibility index (Phi) is 5.38. The molecule has 0 radical (unpaired) electrons. The minimum Gasteiger partial charge on any atom is -0.383 e. The van der Waals surface area contributed by atoms with Crippen molar-refractivity contribution in [1.29, 1.82) is 0 Å². The number of aryl methyl sites for hydroxylation is 1. The maximum absolute atomic E-state index is 6.00. The summed E-state index contributed by atoms with van der Waals surface area (Å²) in [6.07, 6.45) is 2.88. The van der Waals surface area contributed by atoms with Crippen LogP contribution in [0.4, 0.5) is 5.82 Å². The van der Waals surface area contributed by atoms with Crippen LogP contribution in [0.3, 0.4) is 0 Å². The second-order valence-corrected chi connectivity index (χ2v) is 4.70. The summed E-state index contributed by atoms with van der Waals surface area (Å²) in [4.78, 5) is 6.36. The fourth-order valence-electron chi connectivity index (χ4n) is 1.99. The molecule has 0 saturated carbocycles. The number of nitrogens with zero attached hydrogens (tertiary/aromatic N) is 2. The van der Waals surface area contributed by atoms with Crippen LogP contribution in [-0.4, -0.2) is 37.1 Å². The second kappa shape index (κ2) is 6.57. The highest BCUT2D eigenvalue weighted by atomic mass is 15.1. The van der Waals surface area contributed by atoms with Crippen molar-refractivity contribution >= 4 is 5.82 Å². The van der Waals surface area contributed by atoms with E-state index in [1.54, 1.807) is 6.20 Å². The van der Waals surface area contributed by atoms with E-state index in [1.165, 1.54) is 5.56 Å². The monoisotopic (exact) mass is 236 g/mol. The molecule has 0 amide bonds. The van der Waals surface area contributed by atoms with Crippen molar-refractivity contribution in [3.05, 3.63) is 23.4 Å². The van der Waals surface area contributed by atoms with E-state index in [9.17, 15) is 0 Å². The Bertz CT molecular complexity index is 329. The number of nitrogens with one attached hydrogen (secondary N) is 1. The standard InChI is InChI=1S/C13H24N4/c1-5-7-15-11(9-17(3)4)12-10(2)6-8-16-13(12)14/h6,8,11,15H,5,7,9H2,1-4H3,(H2,14,16). The average molecular weight is 236 g/mol. The van der Waals surface area contributed by atoms with Crippen molar-refractivity contribution in [2.45, 2.75) is 26.3 Å². The van der Waals surface area contributed by atoms with E-state index < -0.39 is 0 Å². The minimum absolute atomic E-state index is 0.249. The number of pyridine rings is 1. The number of likely N-dealkylation sites (N-methyl/N-ethyl adjacent to an activating group) is 1. The molecule has 0 spiro atoms. The third kappa shape index (κ3) is 3.98. The Hall–Kier alpha value is -1.13. The summed E-state index contributed by atoms with van der Waals surface area (Å²) in [7, 11) is 4.14. The van der Waals surface area contributed by atoms with Crippen LogP contribution in [0.2, 0.25) is 0 Å². The third-order valence-corrected chi connectivity index (χ3v) is 2.78. The first-order valence-electron chi connectivity index (χ1n) is 6.15. The molecule has 0 aliphatic rings. The Balaban J connectivity index is 2.94. The fourth-order valence-corrected chi connectivity index (χ4v) is 1.99. The molecule has 1 heterocycles. The van der Waals surface area contributed by atoms with Gasteiger partial charge in [0.05, 0.1) is 0 Å². The molecule has 3 N–H and O–H groups in total. The summed E-state index contributed by atoms with van der Waals surface area (Å²) in [5.41, 5.74) is 8.34. The van der Waals surface area contributed by atoms with Crippen molar-refractivity contribution in [3.63, 3.8) is 0 Å². The molecule has 0 fully saturated rings. The maximum atomic E-state index is 6.00. The lowest BCUT2D eigenvalue weighted by Crippen LogP contribution is -2.32. The van der Waals surface area contributed by atoms with Crippen molar-refractivity contribution in [3.8, 4) is 0 Å². The highest BCUT2D eigenvalue weighted by Gasteiger charge is 2.17. The predicted octanol–water partition coefficient (Wildman–Crippen LogP) is 1.57. The molecule has 1 atom stereocenters. The molecule has 0 aliphatic heterocycles. The first-order valence-corrected chi connectivity index (χ1v) is 6.15. The van der Waals surface area contributed by atoms with Crippen LogP contribution in [0, 0.1) is 6.92 Å². The van der Waals surface area contributed by atoms with Gasteiger partial charge in [0, 0.05) is 24.3 Å². The summed E-state index contributed by atoms with van der Waals surface area (Å²) < 4.78 is 0. The molecular weight excluding hydrogens is 212 g/mol. The zero-order valence-corrected chi connectivity index (χ0v) is 11.3. The summed E-state index contributed by atoms with van der Waals surface area (Å²) in [5.74, 6) is 0.639. The average Bonchev–Trinajstić information content (AvgIpc) is 2.24. The number of anilines is 1. The minimum atomic E-state index is 0.249. The number of rotatable bonds is 6. The molecule has 1 aromatic heterocycles. The van der Waals surface area contributed by atoms with Gasteiger partial charge in [0.15, 0.2) is 0 Å². The largest absolute Gasteiger partial charge is 0.383 e. The van der Waals surface area contributed by atoms with Crippen LogP contribution in [0.5, 0.6) is 0 Å². The molecule has 4 heteroatoms. The van der Waals surface area contributed by atoms with Gasteiger partial charge >= 0.3 is 0 Å². The van der Waals surface area contributed by atoms with Crippen molar-refractivity contribution in [2.24, 2.45) is 0 Å². The van der Waals surface area contributed by atoms with Gasteiger partial charge in [0.25, 0.3) is 0 Å². The van der Waals surface area contributed by atoms with Crippen LogP contribution in [0.15, 0.2) is 12.3 Å². The zero-order chi connectivity index (χ0) is 12.8. The highest BCUT2D eigenvalue weighted by molar-refractivity contribution is 5.46. The fraction of sp³-hybridized carbons (Fsp3) is 0.615. The molecule has 1 aromatic rings. The van der Waals surface area contributed by atoms with Crippen LogP contribution in [-0.2, 0) is 0 Å². The van der Waals surface area contributed by atoms with Crippen molar-refractivity contribution in [2.75, 3.05) is 32.9 Å². The quantitative estimate of drug-likeness (QED) is 0.787. The molecule has 0 aromatic carbocycles. The van der Waals surface area contributed by atoms with Gasteiger partial charge in [-0.1, -0.05) is 6.92 Å². The van der Waals surface area contributed by atoms with E-state index in [1.807, 2.05) is 6.07 Å². The molecule has 1 rings (SSSR count). The SMILES string of the molecule is CCCNC(CN(C)C)c1c(C)ccnc1N. The molecule has 17 heavy (non-hydrogen) atoms. The van der Waals surface area contributed by atoms with Crippen LogP contribution >= 0.6 is 0 Å². The second-order valence-electron chi connectivity index (χ2n) is 4.70. The van der Waals surface area contributed by atoms with E-state index in [2.05, 4.69) is 43.1 Å². The van der Waals surface area contributed by atoms with E-state index >= 15 is 0 Å². The van der Waals surface area contributed by atoms with Gasteiger partial charge in [-0.15, -0.1) is 0 Å². The summed E-state index contributed by atoms with van der Waals surface area (Å²) in [6, 6.07) is 2.26. The Labute approximate surface area is 104 Å². The van der Waals surface area contributed by atoms with E-state index in [-0.39, 0.29) is 6.04 Å². The van der Waals surface area contributed by atoms with E-state index in [0.29, 0.717) is 5.82 Å². The molecule has 0 bridgehead atoms. The number of hydrogen-bond acceptors (Lipinski definition) is 4. The van der Waals surface area contributed by atoms with Crippen LogP contribution in [0.1, 0.15) is 30.5 Å². The maximum Gasteiger partial charge on any atom is 0.128 e. The van der Waals surface area contributed by atoms with Gasteiger partial charge in [-0.3, -0.25) is 0 Å². The van der Waals surface area contributed by atoms with Gasteiger partial charge in [0.2, 0.25) is 0 Å². The molecule has 96 valence electrons. The van der Waals surface area contributed by atoms with Gasteiger partial charge in [0.1, 0.15) is 5.82 Å². The van der Waals surface area contributed by atoms with Gasteiger partial charge in [-0.05, 0) is 45.6 Å².